The van der Waals surface area contributed by atoms with E-state index in [9.17, 15) is 9.59 Å². The van der Waals surface area contributed by atoms with Crippen molar-refractivity contribution in [3.05, 3.63) is 28.5 Å². The first-order chi connectivity index (χ1) is 8.89. The summed E-state index contributed by atoms with van der Waals surface area (Å²) in [7, 11) is 0. The zero-order valence-corrected chi connectivity index (χ0v) is 11.9. The molecule has 1 amide bonds. The van der Waals surface area contributed by atoms with Crippen LogP contribution in [-0.2, 0) is 9.53 Å². The first-order valence-electron chi connectivity index (χ1n) is 5.66. The Morgan fingerprint density at radius 1 is 1.53 bits per heavy atom. The van der Waals surface area contributed by atoms with Gasteiger partial charge in [0.25, 0.3) is 5.91 Å². The lowest BCUT2D eigenvalue weighted by atomic mass is 9.96. The summed E-state index contributed by atoms with van der Waals surface area (Å²) in [6, 6.07) is 3.39. The summed E-state index contributed by atoms with van der Waals surface area (Å²) >= 11 is 3.25. The van der Waals surface area contributed by atoms with E-state index in [1.807, 2.05) is 0 Å². The van der Waals surface area contributed by atoms with Crippen LogP contribution in [0, 0.1) is 0 Å². The number of halogens is 1. The first-order valence-corrected chi connectivity index (χ1v) is 6.45. The lowest BCUT2D eigenvalue weighted by Gasteiger charge is -2.47. The number of hydrogen-bond acceptors (Lipinski definition) is 4. The van der Waals surface area contributed by atoms with Crippen LogP contribution >= 0.6 is 15.9 Å². The third-order valence-corrected chi connectivity index (χ3v) is 3.30. The van der Waals surface area contributed by atoms with Crippen LogP contribution in [0.15, 0.2) is 22.8 Å². The molecule has 0 aromatic carbocycles. The molecule has 0 saturated carbocycles. The highest BCUT2D eigenvalue weighted by molar-refractivity contribution is 9.10. The summed E-state index contributed by atoms with van der Waals surface area (Å²) in [5, 5.41) is 8.56. The van der Waals surface area contributed by atoms with Crippen molar-refractivity contribution in [3.63, 3.8) is 0 Å². The summed E-state index contributed by atoms with van der Waals surface area (Å²) in [4.78, 5) is 28.1. The maximum absolute atomic E-state index is 12.0. The van der Waals surface area contributed by atoms with Crippen LogP contribution in [0.4, 0.5) is 0 Å². The standard InChI is InChI=1S/C12H13BrN2O4/c1-12(19-5-10(16)17)6-15(7-12)11(18)9-3-2-8(13)4-14-9/h2-4H,5-7H2,1H3,(H,16,17). The maximum Gasteiger partial charge on any atom is 0.329 e. The molecule has 1 aromatic heterocycles. The summed E-state index contributed by atoms with van der Waals surface area (Å²) in [5.41, 5.74) is -0.216. The van der Waals surface area contributed by atoms with Crippen LogP contribution in [0.5, 0.6) is 0 Å². The van der Waals surface area contributed by atoms with Gasteiger partial charge in [0.2, 0.25) is 0 Å². The molecule has 2 heterocycles. The van der Waals surface area contributed by atoms with E-state index in [2.05, 4.69) is 20.9 Å². The third kappa shape index (κ3) is 3.30. The fourth-order valence-corrected chi connectivity index (χ4v) is 2.13. The van der Waals surface area contributed by atoms with Gasteiger partial charge in [0.1, 0.15) is 17.9 Å². The number of aromatic nitrogens is 1. The SMILES string of the molecule is CC1(OCC(=O)O)CN(C(=O)c2ccc(Br)cn2)C1. The average Bonchev–Trinajstić information content (AvgIpc) is 2.33. The van der Waals surface area contributed by atoms with E-state index < -0.39 is 11.6 Å². The van der Waals surface area contributed by atoms with Gasteiger partial charge in [-0.3, -0.25) is 4.79 Å². The lowest BCUT2D eigenvalue weighted by Crippen LogP contribution is -2.63. The van der Waals surface area contributed by atoms with Crippen LogP contribution in [0.3, 0.4) is 0 Å². The van der Waals surface area contributed by atoms with Crippen molar-refractivity contribution in [2.24, 2.45) is 0 Å². The topological polar surface area (TPSA) is 79.7 Å². The minimum absolute atomic E-state index is 0.177. The molecule has 6 nitrogen and oxygen atoms in total. The highest BCUT2D eigenvalue weighted by atomic mass is 79.9. The highest BCUT2D eigenvalue weighted by Crippen LogP contribution is 2.26. The van der Waals surface area contributed by atoms with E-state index in [-0.39, 0.29) is 12.5 Å². The number of carboxylic acids is 1. The Hall–Kier alpha value is -1.47. The van der Waals surface area contributed by atoms with Crippen LogP contribution in [-0.4, -0.2) is 52.2 Å². The molecule has 0 bridgehead atoms. The van der Waals surface area contributed by atoms with Gasteiger partial charge < -0.3 is 14.7 Å². The molecule has 7 heteroatoms. The molecule has 1 aliphatic heterocycles. The number of hydrogen-bond donors (Lipinski definition) is 1. The van der Waals surface area contributed by atoms with Crippen molar-refractivity contribution in [1.29, 1.82) is 0 Å². The monoisotopic (exact) mass is 328 g/mol. The second-order valence-corrected chi connectivity index (χ2v) is 5.57. The molecule has 1 N–H and O–H groups in total. The molecule has 1 aromatic rings. The van der Waals surface area contributed by atoms with E-state index in [1.165, 1.54) is 0 Å². The second kappa shape index (κ2) is 5.26. The smallest absolute Gasteiger partial charge is 0.329 e. The number of amides is 1. The number of nitrogens with zero attached hydrogens (tertiary/aromatic N) is 2. The molecular weight excluding hydrogens is 316 g/mol. The molecule has 0 radical (unpaired) electrons. The van der Waals surface area contributed by atoms with Gasteiger partial charge in [0.05, 0.1) is 13.1 Å². The maximum atomic E-state index is 12.0. The number of carbonyl (C=O) groups is 2. The molecule has 2 rings (SSSR count). The molecule has 0 atom stereocenters. The van der Waals surface area contributed by atoms with Crippen molar-refractivity contribution < 1.29 is 19.4 Å². The van der Waals surface area contributed by atoms with Gasteiger partial charge in [-0.25, -0.2) is 9.78 Å². The number of likely N-dealkylation sites (tertiary alicyclic amines) is 1. The Balaban J connectivity index is 1.91. The van der Waals surface area contributed by atoms with E-state index in [0.717, 1.165) is 4.47 Å². The van der Waals surface area contributed by atoms with E-state index in [0.29, 0.717) is 18.8 Å². The number of aliphatic carboxylic acids is 1. The number of carbonyl (C=O) groups excluding carboxylic acids is 1. The molecule has 0 unspecified atom stereocenters. The number of rotatable bonds is 4. The number of pyridine rings is 1. The van der Waals surface area contributed by atoms with Crippen molar-refractivity contribution in [1.82, 2.24) is 9.88 Å². The van der Waals surface area contributed by atoms with Crippen molar-refractivity contribution in [3.8, 4) is 0 Å². The Morgan fingerprint density at radius 2 is 2.21 bits per heavy atom. The van der Waals surface area contributed by atoms with Crippen LogP contribution < -0.4 is 0 Å². The minimum atomic E-state index is -1.01. The second-order valence-electron chi connectivity index (χ2n) is 4.66. The Kier molecular flexibility index (Phi) is 3.86. The minimum Gasteiger partial charge on any atom is -0.480 e. The van der Waals surface area contributed by atoms with Gasteiger partial charge in [0.15, 0.2) is 0 Å². The third-order valence-electron chi connectivity index (χ3n) is 2.83. The zero-order valence-electron chi connectivity index (χ0n) is 10.3. The summed E-state index contributed by atoms with van der Waals surface area (Å²) in [5.74, 6) is -1.19. The van der Waals surface area contributed by atoms with Crippen molar-refractivity contribution >= 4 is 27.8 Å². The summed E-state index contributed by atoms with van der Waals surface area (Å²) in [6.07, 6.45) is 1.56. The van der Waals surface area contributed by atoms with Gasteiger partial charge in [-0.05, 0) is 35.0 Å². The van der Waals surface area contributed by atoms with Crippen LogP contribution in [0.1, 0.15) is 17.4 Å². The lowest BCUT2D eigenvalue weighted by molar-refractivity contribution is -0.159. The zero-order chi connectivity index (χ0) is 14.0. The summed E-state index contributed by atoms with van der Waals surface area (Å²) < 4.78 is 6.05. The largest absolute Gasteiger partial charge is 0.480 e. The predicted molar refractivity (Wildman–Crippen MR) is 69.8 cm³/mol. The molecule has 1 fully saturated rings. The van der Waals surface area contributed by atoms with Gasteiger partial charge in [-0.1, -0.05) is 0 Å². The van der Waals surface area contributed by atoms with Gasteiger partial charge in [-0.15, -0.1) is 0 Å². The molecule has 0 spiro atoms. The molecular formula is C12H13BrN2O4. The number of carboxylic acid groups (broad SMARTS) is 1. The highest BCUT2D eigenvalue weighted by Gasteiger charge is 2.43. The molecule has 0 aliphatic carbocycles. The molecule has 1 saturated heterocycles. The van der Waals surface area contributed by atoms with Crippen LogP contribution in [0.2, 0.25) is 0 Å². The molecule has 19 heavy (non-hydrogen) atoms. The summed E-state index contributed by atoms with van der Waals surface area (Å²) in [6.45, 7) is 2.18. The van der Waals surface area contributed by atoms with E-state index in [1.54, 1.807) is 30.2 Å². The van der Waals surface area contributed by atoms with Crippen LogP contribution in [0.25, 0.3) is 0 Å². The Bertz CT molecular complexity index is 497. The van der Waals surface area contributed by atoms with E-state index >= 15 is 0 Å². The number of ether oxygens (including phenoxy) is 1. The Morgan fingerprint density at radius 3 is 2.74 bits per heavy atom. The fourth-order valence-electron chi connectivity index (χ4n) is 1.90. The predicted octanol–water partition coefficient (Wildman–Crippen LogP) is 1.16. The average molecular weight is 329 g/mol. The first kappa shape index (κ1) is 14.0. The van der Waals surface area contributed by atoms with Crippen molar-refractivity contribution in [2.75, 3.05) is 19.7 Å². The van der Waals surface area contributed by atoms with Gasteiger partial charge >= 0.3 is 5.97 Å². The van der Waals surface area contributed by atoms with E-state index in [4.69, 9.17) is 9.84 Å². The Labute approximate surface area is 118 Å². The van der Waals surface area contributed by atoms with Gasteiger partial charge in [-0.2, -0.15) is 0 Å². The fraction of sp³-hybridized carbons (Fsp3) is 0.417. The van der Waals surface area contributed by atoms with Gasteiger partial charge in [0, 0.05) is 10.7 Å². The van der Waals surface area contributed by atoms with Crippen molar-refractivity contribution in [2.45, 2.75) is 12.5 Å². The molecule has 1 aliphatic rings. The normalized spacial score (nSPS) is 16.8. The quantitative estimate of drug-likeness (QED) is 0.897. The molecule has 102 valence electrons.